The largest absolute Gasteiger partial charge is 0.506 e. The van der Waals surface area contributed by atoms with Gasteiger partial charge in [-0.1, -0.05) is 30.3 Å². The highest BCUT2D eigenvalue weighted by Crippen LogP contribution is 2.44. The van der Waals surface area contributed by atoms with Crippen LogP contribution in [0.2, 0.25) is 0 Å². The number of amides is 1. The van der Waals surface area contributed by atoms with Gasteiger partial charge in [-0.25, -0.2) is 0 Å². The lowest BCUT2D eigenvalue weighted by molar-refractivity contribution is -0.140. The van der Waals surface area contributed by atoms with Gasteiger partial charge >= 0.3 is 6.18 Å². The molecule has 0 spiro atoms. The van der Waals surface area contributed by atoms with Gasteiger partial charge in [0.15, 0.2) is 0 Å². The third-order valence-electron chi connectivity index (χ3n) is 6.22. The molecule has 0 bridgehead atoms. The molecule has 1 unspecified atom stereocenters. The van der Waals surface area contributed by atoms with Crippen molar-refractivity contribution in [3.8, 4) is 17.2 Å². The molecule has 38 heavy (non-hydrogen) atoms. The number of methoxy groups -OCH3 is 3. The van der Waals surface area contributed by atoms with E-state index in [1.165, 1.54) is 33.5 Å². The molecule has 1 saturated heterocycles. The zero-order valence-electron chi connectivity index (χ0n) is 20.7. The van der Waals surface area contributed by atoms with Crippen LogP contribution in [0.4, 0.5) is 13.2 Å². The number of ketones is 1. The SMILES string of the molecule is COc1cccc(C2/C(=C(\O)c3c(OC)cccc3OC)C(=O)C(=O)N2Cc2cccc(C(F)(F)F)c2)c1. The van der Waals surface area contributed by atoms with Crippen LogP contribution in [0, 0.1) is 0 Å². The van der Waals surface area contributed by atoms with Crippen LogP contribution < -0.4 is 14.2 Å². The predicted octanol–water partition coefficient (Wildman–Crippen LogP) is 5.35. The van der Waals surface area contributed by atoms with Crippen LogP contribution in [0.25, 0.3) is 5.76 Å². The summed E-state index contributed by atoms with van der Waals surface area (Å²) in [4.78, 5) is 27.8. The van der Waals surface area contributed by atoms with Gasteiger partial charge < -0.3 is 24.2 Å². The number of hydrogen-bond donors (Lipinski definition) is 1. The number of hydrogen-bond acceptors (Lipinski definition) is 6. The van der Waals surface area contributed by atoms with Gasteiger partial charge in [0.2, 0.25) is 0 Å². The van der Waals surface area contributed by atoms with Gasteiger partial charge in [-0.05, 0) is 47.5 Å². The second kappa shape index (κ2) is 10.5. The second-order valence-electron chi connectivity index (χ2n) is 8.44. The number of benzene rings is 3. The first kappa shape index (κ1) is 26.6. The average molecular weight is 527 g/mol. The molecule has 3 aromatic carbocycles. The molecule has 4 rings (SSSR count). The summed E-state index contributed by atoms with van der Waals surface area (Å²) in [5.41, 5.74) is -0.529. The highest BCUT2D eigenvalue weighted by molar-refractivity contribution is 6.46. The molecule has 198 valence electrons. The molecular weight excluding hydrogens is 503 g/mol. The number of aliphatic hydroxyl groups excluding tert-OH is 1. The number of ether oxygens (including phenoxy) is 3. The number of alkyl halides is 3. The monoisotopic (exact) mass is 527 g/mol. The van der Waals surface area contributed by atoms with E-state index < -0.39 is 35.2 Å². The van der Waals surface area contributed by atoms with E-state index >= 15 is 0 Å². The Hall–Kier alpha value is -4.47. The molecule has 1 aliphatic heterocycles. The number of nitrogens with zero attached hydrogens (tertiary/aromatic N) is 1. The fourth-order valence-electron chi connectivity index (χ4n) is 4.46. The van der Waals surface area contributed by atoms with E-state index in [9.17, 15) is 27.9 Å². The maximum atomic E-state index is 13.4. The molecule has 1 aliphatic rings. The van der Waals surface area contributed by atoms with Crippen molar-refractivity contribution >= 4 is 17.4 Å². The first-order valence-corrected chi connectivity index (χ1v) is 11.4. The van der Waals surface area contributed by atoms with E-state index in [0.717, 1.165) is 17.0 Å². The van der Waals surface area contributed by atoms with Gasteiger partial charge in [-0.15, -0.1) is 0 Å². The van der Waals surface area contributed by atoms with Crippen LogP contribution in [0.5, 0.6) is 17.2 Å². The number of carbonyl (C=O) groups is 2. The van der Waals surface area contributed by atoms with Gasteiger partial charge in [-0.2, -0.15) is 13.2 Å². The molecule has 1 atom stereocenters. The van der Waals surface area contributed by atoms with E-state index in [1.807, 2.05) is 0 Å². The lowest BCUT2D eigenvalue weighted by Gasteiger charge is -2.26. The van der Waals surface area contributed by atoms with E-state index in [1.54, 1.807) is 42.5 Å². The van der Waals surface area contributed by atoms with Crippen molar-refractivity contribution in [2.75, 3.05) is 21.3 Å². The van der Waals surface area contributed by atoms with Crippen LogP contribution in [0.3, 0.4) is 0 Å². The van der Waals surface area contributed by atoms with Crippen molar-refractivity contribution < 1.29 is 42.1 Å². The van der Waals surface area contributed by atoms with Crippen molar-refractivity contribution in [3.05, 3.63) is 94.6 Å². The minimum atomic E-state index is -4.59. The van der Waals surface area contributed by atoms with Crippen molar-refractivity contribution in [1.29, 1.82) is 0 Å². The van der Waals surface area contributed by atoms with Gasteiger partial charge in [-0.3, -0.25) is 9.59 Å². The summed E-state index contributed by atoms with van der Waals surface area (Å²) in [7, 11) is 4.19. The normalized spacial score (nSPS) is 17.0. The molecule has 0 aliphatic carbocycles. The maximum absolute atomic E-state index is 13.4. The van der Waals surface area contributed by atoms with Gasteiger partial charge in [0, 0.05) is 6.54 Å². The van der Waals surface area contributed by atoms with Crippen LogP contribution in [-0.2, 0) is 22.3 Å². The Labute approximate surface area is 216 Å². The molecule has 3 aromatic rings. The van der Waals surface area contributed by atoms with E-state index in [0.29, 0.717) is 11.3 Å². The summed E-state index contributed by atoms with van der Waals surface area (Å²) in [5, 5.41) is 11.5. The number of aliphatic hydroxyl groups is 1. The highest BCUT2D eigenvalue weighted by atomic mass is 19.4. The molecule has 10 heteroatoms. The molecule has 1 amide bonds. The zero-order valence-corrected chi connectivity index (χ0v) is 20.7. The molecule has 1 fully saturated rings. The topological polar surface area (TPSA) is 85.3 Å². The van der Waals surface area contributed by atoms with E-state index in [4.69, 9.17) is 14.2 Å². The van der Waals surface area contributed by atoms with Gasteiger partial charge in [0.25, 0.3) is 11.7 Å². The Balaban J connectivity index is 1.93. The second-order valence-corrected chi connectivity index (χ2v) is 8.44. The Morgan fingerprint density at radius 3 is 2.13 bits per heavy atom. The minimum absolute atomic E-state index is 0.0578. The molecule has 0 aromatic heterocycles. The summed E-state index contributed by atoms with van der Waals surface area (Å²) in [6.45, 7) is -0.323. The standard InChI is InChI=1S/C28H24F3NO6/c1-36-19-10-5-8-17(14-19)24-23(25(33)22-20(37-2)11-6-12-21(22)38-3)26(34)27(35)32(24)15-16-7-4-9-18(13-16)28(29,30)31/h4-14,24,33H,15H2,1-3H3/b25-23+. The molecule has 1 N–H and O–H groups in total. The highest BCUT2D eigenvalue weighted by Gasteiger charge is 2.47. The summed E-state index contributed by atoms with van der Waals surface area (Å²) >= 11 is 0. The van der Waals surface area contributed by atoms with E-state index in [2.05, 4.69) is 0 Å². The zero-order chi connectivity index (χ0) is 27.6. The summed E-state index contributed by atoms with van der Waals surface area (Å²) in [6.07, 6.45) is -4.59. The molecule has 0 saturated carbocycles. The maximum Gasteiger partial charge on any atom is 0.416 e. The van der Waals surface area contributed by atoms with Gasteiger partial charge in [0.05, 0.1) is 38.5 Å². The van der Waals surface area contributed by atoms with Crippen molar-refractivity contribution in [2.45, 2.75) is 18.8 Å². The lowest BCUT2D eigenvalue weighted by atomic mass is 9.94. The first-order valence-electron chi connectivity index (χ1n) is 11.4. The Kier molecular flexibility index (Phi) is 7.34. The lowest BCUT2D eigenvalue weighted by Crippen LogP contribution is -2.29. The fourth-order valence-corrected chi connectivity index (χ4v) is 4.46. The predicted molar refractivity (Wildman–Crippen MR) is 132 cm³/mol. The average Bonchev–Trinajstić information content (AvgIpc) is 3.16. The Bertz CT molecular complexity index is 1390. The van der Waals surface area contributed by atoms with Crippen LogP contribution >= 0.6 is 0 Å². The molecule has 0 radical (unpaired) electrons. The van der Waals surface area contributed by atoms with Crippen molar-refractivity contribution in [3.63, 3.8) is 0 Å². The fraction of sp³-hybridized carbons (Fsp3) is 0.214. The number of Topliss-reactive ketones (excluding diaryl/α,β-unsaturated/α-hetero) is 1. The molecular formula is C28H24F3NO6. The first-order chi connectivity index (χ1) is 18.1. The van der Waals surface area contributed by atoms with E-state index in [-0.39, 0.29) is 34.7 Å². The number of likely N-dealkylation sites (tertiary alicyclic amines) is 1. The Morgan fingerprint density at radius 2 is 1.53 bits per heavy atom. The number of rotatable bonds is 7. The summed E-state index contributed by atoms with van der Waals surface area (Å²) in [5.74, 6) is -1.73. The summed E-state index contributed by atoms with van der Waals surface area (Å²) in [6, 6.07) is 14.6. The third-order valence-corrected chi connectivity index (χ3v) is 6.22. The van der Waals surface area contributed by atoms with Crippen molar-refractivity contribution in [1.82, 2.24) is 4.90 Å². The summed E-state index contributed by atoms with van der Waals surface area (Å²) < 4.78 is 56.0. The van der Waals surface area contributed by atoms with Crippen LogP contribution in [0.1, 0.15) is 28.3 Å². The quantitative estimate of drug-likeness (QED) is 0.253. The minimum Gasteiger partial charge on any atom is -0.506 e. The van der Waals surface area contributed by atoms with Crippen LogP contribution in [0.15, 0.2) is 72.3 Å². The number of carbonyl (C=O) groups excluding carboxylic acids is 2. The smallest absolute Gasteiger partial charge is 0.416 e. The third kappa shape index (κ3) is 4.89. The molecule has 1 heterocycles. The number of halogens is 3. The van der Waals surface area contributed by atoms with Crippen molar-refractivity contribution in [2.24, 2.45) is 0 Å². The van der Waals surface area contributed by atoms with Gasteiger partial charge in [0.1, 0.15) is 28.6 Å². The Morgan fingerprint density at radius 1 is 0.895 bits per heavy atom. The van der Waals surface area contributed by atoms with Crippen LogP contribution in [-0.4, -0.2) is 43.0 Å². The molecule has 7 nitrogen and oxygen atoms in total.